The van der Waals surface area contributed by atoms with Crippen molar-refractivity contribution in [1.82, 2.24) is 15.1 Å². The number of nitrogens with zero attached hydrogens (tertiary/aromatic N) is 2. The molecule has 2 aromatic rings. The molecule has 6 heteroatoms. The van der Waals surface area contributed by atoms with E-state index in [2.05, 4.69) is 15.1 Å². The van der Waals surface area contributed by atoms with Crippen molar-refractivity contribution in [3.05, 3.63) is 62.3 Å². The van der Waals surface area contributed by atoms with Gasteiger partial charge in [0.1, 0.15) is 5.82 Å². The highest BCUT2D eigenvalue weighted by Gasteiger charge is 2.19. The number of aromatic amines is 1. The molecule has 104 valence electrons. The lowest BCUT2D eigenvalue weighted by Crippen LogP contribution is -2.34. The lowest BCUT2D eigenvalue weighted by atomic mass is 10.0. The maximum absolute atomic E-state index is 13.3. The van der Waals surface area contributed by atoms with E-state index in [4.69, 9.17) is 11.6 Å². The molecular weight excluding hydrogens is 281 g/mol. The molecule has 20 heavy (non-hydrogen) atoms. The van der Waals surface area contributed by atoms with Crippen LogP contribution in [-0.4, -0.2) is 21.6 Å². The molecule has 0 saturated carbocycles. The average Bonchev–Trinajstić information content (AvgIpc) is 2.38. The lowest BCUT2D eigenvalue weighted by molar-refractivity contribution is 0.243. The summed E-state index contributed by atoms with van der Waals surface area (Å²) in [5.41, 5.74) is 2.39. The molecule has 3 rings (SSSR count). The molecule has 4 nitrogen and oxygen atoms in total. The first-order chi connectivity index (χ1) is 9.61. The SMILES string of the molecule is O=c1[nH]ncc2c1CN(Cc1cc(F)cc(Cl)c1)CC2. The Morgan fingerprint density at radius 2 is 2.25 bits per heavy atom. The molecular formula is C14H13ClFN3O. The van der Waals surface area contributed by atoms with Crippen molar-refractivity contribution in [3.63, 3.8) is 0 Å². The predicted octanol–water partition coefficient (Wildman–Crippen LogP) is 2.12. The van der Waals surface area contributed by atoms with Crippen LogP contribution in [0, 0.1) is 5.82 Å². The fraction of sp³-hybridized carbons (Fsp3) is 0.286. The highest BCUT2D eigenvalue weighted by molar-refractivity contribution is 6.30. The van der Waals surface area contributed by atoms with Gasteiger partial charge in [0.05, 0.1) is 6.20 Å². The Morgan fingerprint density at radius 1 is 1.40 bits per heavy atom. The smallest absolute Gasteiger partial charge is 0.268 e. The normalized spacial score (nSPS) is 15.1. The molecule has 2 heterocycles. The molecule has 0 spiro atoms. The predicted molar refractivity (Wildman–Crippen MR) is 74.1 cm³/mol. The third kappa shape index (κ3) is 2.73. The Balaban J connectivity index is 1.80. The molecule has 0 radical (unpaired) electrons. The second-order valence-corrected chi connectivity index (χ2v) is 5.38. The van der Waals surface area contributed by atoms with Crippen molar-refractivity contribution in [1.29, 1.82) is 0 Å². The van der Waals surface area contributed by atoms with Crippen molar-refractivity contribution < 1.29 is 4.39 Å². The van der Waals surface area contributed by atoms with E-state index in [1.54, 1.807) is 12.3 Å². The van der Waals surface area contributed by atoms with E-state index in [0.717, 1.165) is 29.7 Å². The number of hydrogen-bond acceptors (Lipinski definition) is 3. The Bertz CT molecular complexity index is 681. The molecule has 0 bridgehead atoms. The summed E-state index contributed by atoms with van der Waals surface area (Å²) >= 11 is 5.85. The van der Waals surface area contributed by atoms with Gasteiger partial charge in [-0.1, -0.05) is 11.6 Å². The fourth-order valence-corrected chi connectivity index (χ4v) is 2.77. The topological polar surface area (TPSA) is 49.0 Å². The quantitative estimate of drug-likeness (QED) is 0.923. The van der Waals surface area contributed by atoms with Crippen molar-refractivity contribution in [2.24, 2.45) is 0 Å². The molecule has 1 aromatic heterocycles. The highest BCUT2D eigenvalue weighted by Crippen LogP contribution is 2.19. The molecule has 0 saturated heterocycles. The van der Waals surface area contributed by atoms with E-state index in [0.29, 0.717) is 18.1 Å². The number of rotatable bonds is 2. The van der Waals surface area contributed by atoms with Crippen LogP contribution in [0.5, 0.6) is 0 Å². The summed E-state index contributed by atoms with van der Waals surface area (Å²) < 4.78 is 13.3. The van der Waals surface area contributed by atoms with Gasteiger partial charge in [0, 0.05) is 30.2 Å². The van der Waals surface area contributed by atoms with Crippen LogP contribution in [0.3, 0.4) is 0 Å². The number of H-pyrrole nitrogens is 1. The molecule has 0 amide bonds. The Kier molecular flexibility index (Phi) is 3.54. The van der Waals surface area contributed by atoms with Crippen LogP contribution >= 0.6 is 11.6 Å². The Hall–Kier alpha value is -1.72. The summed E-state index contributed by atoms with van der Waals surface area (Å²) in [5.74, 6) is -0.341. The van der Waals surface area contributed by atoms with Crippen molar-refractivity contribution in [2.75, 3.05) is 6.54 Å². The van der Waals surface area contributed by atoms with Crippen molar-refractivity contribution in [3.8, 4) is 0 Å². The number of halogens is 2. The second-order valence-electron chi connectivity index (χ2n) is 4.94. The van der Waals surface area contributed by atoms with E-state index in [1.165, 1.54) is 12.1 Å². The minimum Gasteiger partial charge on any atom is -0.294 e. The standard InChI is InChI=1S/C14H13ClFN3O/c15-11-3-9(4-12(16)5-11)7-19-2-1-10-6-17-18-14(20)13(10)8-19/h3-6H,1-2,7-8H2,(H,18,20). The second kappa shape index (κ2) is 5.34. The van der Waals surface area contributed by atoms with Gasteiger partial charge in [-0.05, 0) is 35.7 Å². The first-order valence-corrected chi connectivity index (χ1v) is 6.72. The van der Waals surface area contributed by atoms with Crippen LogP contribution < -0.4 is 5.56 Å². The van der Waals surface area contributed by atoms with E-state index < -0.39 is 0 Å². The summed E-state index contributed by atoms with van der Waals surface area (Å²) in [7, 11) is 0. The zero-order valence-electron chi connectivity index (χ0n) is 10.7. The van der Waals surface area contributed by atoms with Gasteiger partial charge in [0.2, 0.25) is 0 Å². The van der Waals surface area contributed by atoms with E-state index in [9.17, 15) is 9.18 Å². The van der Waals surface area contributed by atoms with Gasteiger partial charge in [0.25, 0.3) is 5.56 Å². The summed E-state index contributed by atoms with van der Waals surface area (Å²) in [4.78, 5) is 13.8. The summed E-state index contributed by atoms with van der Waals surface area (Å²) in [6, 6.07) is 4.50. The van der Waals surface area contributed by atoms with Crippen LogP contribution in [0.4, 0.5) is 4.39 Å². The number of aromatic nitrogens is 2. The van der Waals surface area contributed by atoms with Gasteiger partial charge in [-0.15, -0.1) is 0 Å². The maximum Gasteiger partial charge on any atom is 0.268 e. The van der Waals surface area contributed by atoms with Gasteiger partial charge in [-0.25, -0.2) is 9.49 Å². The molecule has 1 aliphatic heterocycles. The Morgan fingerprint density at radius 3 is 3.05 bits per heavy atom. The molecule has 1 N–H and O–H groups in total. The highest BCUT2D eigenvalue weighted by atomic mass is 35.5. The average molecular weight is 294 g/mol. The molecule has 1 aromatic carbocycles. The van der Waals surface area contributed by atoms with Gasteiger partial charge >= 0.3 is 0 Å². The van der Waals surface area contributed by atoms with Crippen molar-refractivity contribution >= 4 is 11.6 Å². The largest absolute Gasteiger partial charge is 0.294 e. The van der Waals surface area contributed by atoms with Gasteiger partial charge < -0.3 is 0 Å². The number of hydrogen-bond donors (Lipinski definition) is 1. The fourth-order valence-electron chi connectivity index (χ4n) is 2.53. The zero-order valence-corrected chi connectivity index (χ0v) is 11.5. The molecule has 0 fully saturated rings. The zero-order chi connectivity index (χ0) is 14.1. The number of benzene rings is 1. The number of nitrogens with one attached hydrogen (secondary N) is 1. The van der Waals surface area contributed by atoms with Crippen LogP contribution in [-0.2, 0) is 19.5 Å². The van der Waals surface area contributed by atoms with Gasteiger partial charge in [-0.3, -0.25) is 9.69 Å². The summed E-state index contributed by atoms with van der Waals surface area (Å²) in [6.45, 7) is 1.92. The van der Waals surface area contributed by atoms with Gasteiger partial charge in [0.15, 0.2) is 0 Å². The molecule has 0 unspecified atom stereocenters. The lowest BCUT2D eigenvalue weighted by Gasteiger charge is -2.27. The van der Waals surface area contributed by atoms with Crippen LogP contribution in [0.2, 0.25) is 5.02 Å². The van der Waals surface area contributed by atoms with Crippen LogP contribution in [0.25, 0.3) is 0 Å². The third-order valence-electron chi connectivity index (χ3n) is 3.46. The number of fused-ring (bicyclic) bond motifs is 1. The van der Waals surface area contributed by atoms with E-state index >= 15 is 0 Å². The van der Waals surface area contributed by atoms with Gasteiger partial charge in [-0.2, -0.15) is 5.10 Å². The van der Waals surface area contributed by atoms with E-state index in [1.807, 2.05) is 0 Å². The molecule has 1 aliphatic rings. The maximum atomic E-state index is 13.3. The molecule has 0 aliphatic carbocycles. The third-order valence-corrected chi connectivity index (χ3v) is 3.67. The first kappa shape index (κ1) is 13.3. The molecule has 0 atom stereocenters. The summed E-state index contributed by atoms with van der Waals surface area (Å²) in [5, 5.41) is 6.64. The minimum atomic E-state index is -0.341. The minimum absolute atomic E-state index is 0.149. The van der Waals surface area contributed by atoms with E-state index in [-0.39, 0.29) is 11.4 Å². The van der Waals surface area contributed by atoms with Crippen LogP contribution in [0.1, 0.15) is 16.7 Å². The Labute approximate surface area is 120 Å². The monoisotopic (exact) mass is 293 g/mol. The summed E-state index contributed by atoms with van der Waals surface area (Å²) in [6.07, 6.45) is 2.47. The van der Waals surface area contributed by atoms with Crippen LogP contribution in [0.15, 0.2) is 29.2 Å². The first-order valence-electron chi connectivity index (χ1n) is 6.34. The van der Waals surface area contributed by atoms with Crippen molar-refractivity contribution in [2.45, 2.75) is 19.5 Å².